The smallest absolute Gasteiger partial charge is 0.410 e. The zero-order chi connectivity index (χ0) is 53.9. The lowest BCUT2D eigenvalue weighted by molar-refractivity contribution is -0.140. The number of aryl methyl sites for hydroxylation is 1. The molecule has 4 amide bonds. The Hall–Kier alpha value is -6.96. The number of fused-ring (bicyclic) bond motifs is 2. The van der Waals surface area contributed by atoms with E-state index in [0.717, 1.165) is 124 Å². The highest BCUT2D eigenvalue weighted by atomic mass is 16.5. The number of hydrogen-bond acceptors (Lipinski definition) is 8. The lowest BCUT2D eigenvalue weighted by Crippen LogP contribution is -2.51. The molecule has 16 rings (SSSR count). The lowest BCUT2D eigenvalue weighted by atomic mass is 9.75. The van der Waals surface area contributed by atoms with Gasteiger partial charge in [0, 0.05) is 48.7 Å². The number of rotatable bonds is 8. The monoisotopic (exact) mass is 1060 g/mol. The Morgan fingerprint density at radius 3 is 1.65 bits per heavy atom. The van der Waals surface area contributed by atoms with Crippen LogP contribution in [-0.2, 0) is 31.9 Å². The number of ether oxygens (including phenoxy) is 2. The van der Waals surface area contributed by atoms with Gasteiger partial charge in [0.2, 0.25) is 11.8 Å². The van der Waals surface area contributed by atoms with E-state index in [0.29, 0.717) is 49.6 Å². The molecule has 412 valence electrons. The van der Waals surface area contributed by atoms with Crippen molar-refractivity contribution in [1.29, 1.82) is 0 Å². The van der Waals surface area contributed by atoms with Gasteiger partial charge in [0.05, 0.1) is 37.7 Å². The van der Waals surface area contributed by atoms with Gasteiger partial charge < -0.3 is 29.2 Å². The Morgan fingerprint density at radius 1 is 0.582 bits per heavy atom. The van der Waals surface area contributed by atoms with Crippen LogP contribution in [-0.4, -0.2) is 115 Å². The Kier molecular flexibility index (Phi) is 14.1. The van der Waals surface area contributed by atoms with Gasteiger partial charge in [-0.2, -0.15) is 0 Å². The zero-order valence-corrected chi connectivity index (χ0v) is 46.2. The minimum atomic E-state index is -0.491. The first-order chi connectivity index (χ1) is 38.6. The molecule has 10 atom stereocenters. The van der Waals surface area contributed by atoms with E-state index in [2.05, 4.69) is 106 Å². The summed E-state index contributed by atoms with van der Waals surface area (Å²) >= 11 is 0. The molecule has 14 heteroatoms. The van der Waals surface area contributed by atoms with Gasteiger partial charge in [0.15, 0.2) is 0 Å². The molecule has 6 heterocycles. The maximum Gasteiger partial charge on any atom is 0.410 e. The number of benzene rings is 3. The van der Waals surface area contributed by atoms with Crippen molar-refractivity contribution in [3.63, 3.8) is 0 Å². The Morgan fingerprint density at radius 2 is 1.10 bits per heavy atom. The van der Waals surface area contributed by atoms with Gasteiger partial charge in [-0.05, 0) is 153 Å². The number of amides is 4. The van der Waals surface area contributed by atoms with Gasteiger partial charge in [-0.15, -0.1) is 0 Å². The predicted molar refractivity (Wildman–Crippen MR) is 303 cm³/mol. The predicted octanol–water partition coefficient (Wildman–Crippen LogP) is 12.4. The van der Waals surface area contributed by atoms with Crippen LogP contribution in [0.25, 0.3) is 39.2 Å². The molecule has 6 fully saturated rings. The molecule has 5 aromatic rings. The SMILES string of the molecule is COC(=O)N1CCC[C@H]1C(=O)N1[C@H](c2nc(-c3ccc(C4=C5C=C[C@H](C4)[C@H](C)Cc4ccc(cc4-c4ccc(-c6c[nH]c([C@@H]7C[C@@H]8CCCC[C@@H]8N7C(=O)[C@@H]7CCCN7C(=O)OC)n6)cc4)CC5)cc3)c[nH]2)C[C@@H]2CCCC[C@@H]21. The van der Waals surface area contributed by atoms with Crippen molar-refractivity contribution in [2.45, 2.75) is 159 Å². The molecule has 4 bridgehead atoms. The van der Waals surface area contributed by atoms with Crippen LogP contribution in [0.1, 0.15) is 150 Å². The van der Waals surface area contributed by atoms with Crippen molar-refractivity contribution in [3.05, 3.63) is 125 Å². The molecule has 79 heavy (non-hydrogen) atoms. The van der Waals surface area contributed by atoms with Gasteiger partial charge in [-0.25, -0.2) is 19.6 Å². The third-order valence-corrected chi connectivity index (χ3v) is 19.9. The molecular formula is C65H76N8O6. The van der Waals surface area contributed by atoms with Crippen LogP contribution in [0.5, 0.6) is 0 Å². The van der Waals surface area contributed by atoms with Crippen molar-refractivity contribution in [1.82, 2.24) is 39.5 Å². The van der Waals surface area contributed by atoms with Crippen molar-refractivity contribution in [2.24, 2.45) is 23.7 Å². The number of methoxy groups -OCH3 is 2. The van der Waals surface area contributed by atoms with E-state index in [-0.39, 0.29) is 36.0 Å². The summed E-state index contributed by atoms with van der Waals surface area (Å²) < 4.78 is 10.2. The third-order valence-electron chi connectivity index (χ3n) is 19.9. The van der Waals surface area contributed by atoms with E-state index in [1.54, 1.807) is 9.80 Å². The average molecular weight is 1070 g/mol. The molecule has 14 nitrogen and oxygen atoms in total. The van der Waals surface area contributed by atoms with Crippen LogP contribution in [0.2, 0.25) is 0 Å². The number of imidazole rings is 2. The maximum absolute atomic E-state index is 14.5. The summed E-state index contributed by atoms with van der Waals surface area (Å²) in [5.74, 6) is 3.40. The molecule has 2 saturated carbocycles. The first-order valence-electron chi connectivity index (χ1n) is 29.8. The highest BCUT2D eigenvalue weighted by molar-refractivity contribution is 5.88. The highest BCUT2D eigenvalue weighted by Crippen LogP contribution is 2.49. The van der Waals surface area contributed by atoms with Crippen molar-refractivity contribution in [2.75, 3.05) is 27.3 Å². The molecule has 0 unspecified atom stereocenters. The zero-order valence-electron chi connectivity index (χ0n) is 46.2. The van der Waals surface area contributed by atoms with E-state index in [9.17, 15) is 19.2 Å². The normalized spacial score (nSPS) is 28.4. The van der Waals surface area contributed by atoms with Crippen LogP contribution in [0, 0.1) is 23.7 Å². The van der Waals surface area contributed by atoms with E-state index in [4.69, 9.17) is 19.4 Å². The van der Waals surface area contributed by atoms with Crippen molar-refractivity contribution >= 4 is 29.6 Å². The number of aromatic nitrogens is 4. The molecule has 4 aliphatic heterocycles. The molecule has 2 aromatic heterocycles. The third kappa shape index (κ3) is 9.58. The summed E-state index contributed by atoms with van der Waals surface area (Å²) in [6.07, 6.45) is 25.4. The first kappa shape index (κ1) is 51.5. The summed E-state index contributed by atoms with van der Waals surface area (Å²) in [6, 6.07) is 24.0. The average Bonchev–Trinajstić information content (AvgIpc) is 4.44. The minimum Gasteiger partial charge on any atom is -0.453 e. The largest absolute Gasteiger partial charge is 0.453 e. The Balaban J connectivity index is 0.708. The Bertz CT molecular complexity index is 3180. The van der Waals surface area contributed by atoms with Crippen LogP contribution in [0.15, 0.2) is 96.8 Å². The number of nitrogens with one attached hydrogen (secondary N) is 2. The molecule has 0 radical (unpaired) electrons. The second kappa shape index (κ2) is 21.6. The summed E-state index contributed by atoms with van der Waals surface area (Å²) in [5, 5.41) is 0. The first-order valence-corrected chi connectivity index (χ1v) is 29.8. The second-order valence-electron chi connectivity index (χ2n) is 24.3. The standard InChI is InChI=1S/C65H76N8O6/c1-39-32-47-19-17-40(33-50(47)42-20-25-44(26-21-42)52-37-66-60(68-52)58-35-48-10-4-6-12-54(48)72(58)62(74)56-14-8-30-70(56)64(76)78-2)16-18-41-24-29-46(39)34-51(41)43-22-27-45(28-23-43)53-38-67-61(69-53)59-36-49-11-5-7-13-55(49)73(59)63(75)57-15-9-31-71(57)65(77)79-3/h17,19-29,33,37-39,46,48-49,54-59H,4-16,18,30-32,34-36H2,1-3H3,(H,66,68)(H,67,69)/t39-,46-,48+,49+,54+,55+,56+,57+,58+,59+/m1/s1. The number of carbonyl (C=O) groups excluding carboxylic acids is 4. The van der Waals surface area contributed by atoms with Crippen LogP contribution < -0.4 is 0 Å². The van der Waals surface area contributed by atoms with Gasteiger partial charge in [-0.1, -0.05) is 111 Å². The summed E-state index contributed by atoms with van der Waals surface area (Å²) in [6.45, 7) is 3.50. The molecule has 7 aliphatic carbocycles. The van der Waals surface area contributed by atoms with Crippen LogP contribution in [0.3, 0.4) is 0 Å². The summed E-state index contributed by atoms with van der Waals surface area (Å²) in [4.78, 5) is 79.2. The van der Waals surface area contributed by atoms with Gasteiger partial charge in [0.1, 0.15) is 23.7 Å². The molecule has 4 saturated heterocycles. The molecule has 2 N–H and O–H groups in total. The minimum absolute atomic E-state index is 0.0353. The summed E-state index contributed by atoms with van der Waals surface area (Å²) in [7, 11) is 2.79. The number of hydrogen-bond donors (Lipinski definition) is 2. The number of aromatic amines is 2. The fourth-order valence-corrected chi connectivity index (χ4v) is 15.8. The highest BCUT2D eigenvalue weighted by Gasteiger charge is 2.51. The van der Waals surface area contributed by atoms with Gasteiger partial charge in [-0.3, -0.25) is 19.4 Å². The van der Waals surface area contributed by atoms with Crippen LogP contribution in [0.4, 0.5) is 9.59 Å². The number of allylic oxidation sites excluding steroid dienone is 4. The van der Waals surface area contributed by atoms with Gasteiger partial charge >= 0.3 is 12.2 Å². The second-order valence-corrected chi connectivity index (χ2v) is 24.3. The van der Waals surface area contributed by atoms with Gasteiger partial charge in [0.25, 0.3) is 0 Å². The topological polar surface area (TPSA) is 157 Å². The van der Waals surface area contributed by atoms with Crippen LogP contribution >= 0.6 is 0 Å². The maximum atomic E-state index is 14.5. The quantitative estimate of drug-likeness (QED) is 0.155. The fourth-order valence-electron chi connectivity index (χ4n) is 15.8. The van der Waals surface area contributed by atoms with Crippen molar-refractivity contribution in [3.8, 4) is 33.6 Å². The Labute approximate surface area is 464 Å². The van der Waals surface area contributed by atoms with E-state index < -0.39 is 24.3 Å². The fraction of sp³-hybridized carbons (Fsp3) is 0.508. The number of H-pyrrole nitrogens is 2. The molecule has 11 aliphatic rings. The molecular weight excluding hydrogens is 989 g/mol. The molecule has 0 spiro atoms. The number of carbonyl (C=O) groups is 4. The molecule has 3 aromatic carbocycles. The van der Waals surface area contributed by atoms with Crippen molar-refractivity contribution < 1.29 is 28.7 Å². The number of nitrogens with zero attached hydrogens (tertiary/aromatic N) is 6. The van der Waals surface area contributed by atoms with E-state index in [1.807, 2.05) is 12.4 Å². The number of likely N-dealkylation sites (tertiary alicyclic amines) is 4. The van der Waals surface area contributed by atoms with E-state index in [1.165, 1.54) is 66.0 Å². The summed E-state index contributed by atoms with van der Waals surface area (Å²) in [5.41, 5.74) is 13.1. The lowest BCUT2D eigenvalue weighted by Gasteiger charge is -2.36. The van der Waals surface area contributed by atoms with E-state index >= 15 is 0 Å².